The first-order chi connectivity index (χ1) is 14.2. The SMILES string of the molecule is CCCCCCCC/C=C\CCCCCCCC(=O)C(O)(CO)C(=O)OS(=O)(=O)[O-].[Na+]. The van der Waals surface area contributed by atoms with E-state index in [0.29, 0.717) is 12.8 Å². The van der Waals surface area contributed by atoms with E-state index >= 15 is 0 Å². The van der Waals surface area contributed by atoms with Crippen LogP contribution in [0.4, 0.5) is 0 Å². The van der Waals surface area contributed by atoms with Gasteiger partial charge in [-0.25, -0.2) is 13.2 Å². The van der Waals surface area contributed by atoms with Gasteiger partial charge in [-0.2, -0.15) is 0 Å². The molecule has 176 valence electrons. The van der Waals surface area contributed by atoms with E-state index in [2.05, 4.69) is 23.3 Å². The van der Waals surface area contributed by atoms with Gasteiger partial charge in [-0.05, 0) is 32.1 Å². The molecule has 0 radical (unpaired) electrons. The minimum atomic E-state index is -5.43. The van der Waals surface area contributed by atoms with Crippen LogP contribution in [0.3, 0.4) is 0 Å². The molecule has 2 N–H and O–H groups in total. The average Bonchev–Trinajstić information content (AvgIpc) is 2.68. The Morgan fingerprint density at radius 2 is 1.35 bits per heavy atom. The minimum Gasteiger partial charge on any atom is -0.716 e. The fourth-order valence-corrected chi connectivity index (χ4v) is 3.31. The predicted octanol–water partition coefficient (Wildman–Crippen LogP) is 0.324. The van der Waals surface area contributed by atoms with E-state index in [1.807, 2.05) is 0 Å². The summed E-state index contributed by atoms with van der Waals surface area (Å²) in [5.41, 5.74) is -3.03. The van der Waals surface area contributed by atoms with Crippen LogP contribution in [0.15, 0.2) is 12.2 Å². The van der Waals surface area contributed by atoms with Crippen molar-refractivity contribution in [3.63, 3.8) is 0 Å². The number of rotatable bonds is 19. The third-order valence-electron chi connectivity index (χ3n) is 4.87. The van der Waals surface area contributed by atoms with Crippen molar-refractivity contribution in [1.29, 1.82) is 0 Å². The molecule has 0 aliphatic heterocycles. The number of allylic oxidation sites excluding steroid dienone is 2. The molecule has 1 unspecified atom stereocenters. The Morgan fingerprint density at radius 1 is 0.903 bits per heavy atom. The number of carbonyl (C=O) groups excluding carboxylic acids is 2. The van der Waals surface area contributed by atoms with Crippen LogP contribution in [0.25, 0.3) is 0 Å². The Hall–Kier alpha value is -0.290. The molecule has 1 atom stereocenters. The minimum absolute atomic E-state index is 0. The van der Waals surface area contributed by atoms with Crippen molar-refractivity contribution < 1.29 is 66.5 Å². The summed E-state index contributed by atoms with van der Waals surface area (Å²) in [5.74, 6) is -3.05. The maximum absolute atomic E-state index is 11.9. The van der Waals surface area contributed by atoms with Gasteiger partial charge in [0.05, 0.1) is 6.61 Å². The van der Waals surface area contributed by atoms with Crippen LogP contribution < -0.4 is 29.6 Å². The number of ketones is 1. The first-order valence-electron chi connectivity index (χ1n) is 10.9. The maximum Gasteiger partial charge on any atom is 1.00 e. The first-order valence-corrected chi connectivity index (χ1v) is 12.2. The first kappa shape index (κ1) is 32.9. The molecule has 0 aromatic carbocycles. The number of carbonyl (C=O) groups is 2. The van der Waals surface area contributed by atoms with Gasteiger partial charge in [0.15, 0.2) is 5.78 Å². The number of unbranched alkanes of at least 4 members (excludes halogenated alkanes) is 11. The van der Waals surface area contributed by atoms with Gasteiger partial charge in [0, 0.05) is 6.42 Å². The van der Waals surface area contributed by atoms with Crippen LogP contribution in [0.1, 0.15) is 96.8 Å². The molecule has 0 amide bonds. The molecule has 0 rings (SSSR count). The van der Waals surface area contributed by atoms with Crippen molar-refractivity contribution in [2.24, 2.45) is 0 Å². The summed E-state index contributed by atoms with van der Waals surface area (Å²) in [7, 11) is -5.43. The number of aliphatic hydroxyl groups excluding tert-OH is 1. The summed E-state index contributed by atoms with van der Waals surface area (Å²) >= 11 is 0. The summed E-state index contributed by atoms with van der Waals surface area (Å²) in [4.78, 5) is 23.4. The van der Waals surface area contributed by atoms with Gasteiger partial charge in [-0.1, -0.05) is 70.4 Å². The van der Waals surface area contributed by atoms with Gasteiger partial charge in [-0.3, -0.25) is 4.79 Å². The molecule has 0 heterocycles. The van der Waals surface area contributed by atoms with E-state index in [9.17, 15) is 27.7 Å². The second-order valence-corrected chi connectivity index (χ2v) is 8.54. The van der Waals surface area contributed by atoms with Crippen molar-refractivity contribution in [3.8, 4) is 0 Å². The van der Waals surface area contributed by atoms with Crippen molar-refractivity contribution in [1.82, 2.24) is 0 Å². The topological polar surface area (TPSA) is 141 Å². The van der Waals surface area contributed by atoms with Crippen molar-refractivity contribution >= 4 is 22.2 Å². The van der Waals surface area contributed by atoms with Gasteiger partial charge in [0.1, 0.15) is 0 Å². The number of hydrogen-bond acceptors (Lipinski definition) is 8. The molecule has 0 saturated carbocycles. The zero-order chi connectivity index (χ0) is 22.9. The summed E-state index contributed by atoms with van der Waals surface area (Å²) in [6, 6.07) is 0. The van der Waals surface area contributed by atoms with E-state index in [4.69, 9.17) is 5.11 Å². The fraction of sp³-hybridized carbons (Fsp3) is 0.810. The molecule has 0 bridgehead atoms. The van der Waals surface area contributed by atoms with Gasteiger partial charge >= 0.3 is 35.5 Å². The van der Waals surface area contributed by atoms with E-state index in [1.165, 1.54) is 38.5 Å². The van der Waals surface area contributed by atoms with Gasteiger partial charge in [0.25, 0.3) is 10.4 Å². The Balaban J connectivity index is 0. The fourth-order valence-electron chi connectivity index (χ4n) is 2.99. The van der Waals surface area contributed by atoms with Gasteiger partial charge in [-0.15, -0.1) is 0 Å². The quantitative estimate of drug-likeness (QED) is 0.0684. The van der Waals surface area contributed by atoms with Crippen molar-refractivity contribution in [2.75, 3.05) is 6.61 Å². The molecule has 10 heteroatoms. The van der Waals surface area contributed by atoms with Crippen LogP contribution in [0.2, 0.25) is 0 Å². The molecular formula is C21H37NaO8S. The van der Waals surface area contributed by atoms with E-state index < -0.39 is 34.4 Å². The molecule has 0 spiro atoms. The summed E-state index contributed by atoms with van der Waals surface area (Å²) in [6.07, 6.45) is 18.0. The zero-order valence-corrected chi connectivity index (χ0v) is 21.8. The van der Waals surface area contributed by atoms with E-state index in [1.54, 1.807) is 0 Å². The Bertz CT molecular complexity index is 621. The molecule has 0 aromatic rings. The van der Waals surface area contributed by atoms with Crippen LogP contribution >= 0.6 is 0 Å². The zero-order valence-electron chi connectivity index (χ0n) is 19.0. The van der Waals surface area contributed by atoms with Crippen LogP contribution in [0, 0.1) is 0 Å². The van der Waals surface area contributed by atoms with Gasteiger partial charge in [0.2, 0.25) is 5.60 Å². The monoisotopic (exact) mass is 472 g/mol. The third-order valence-corrected chi connectivity index (χ3v) is 5.23. The molecule has 0 fully saturated rings. The standard InChI is InChI=1S/C21H38O8S.Na/c1-2-3-4-5-6-7-8-9-10-11-12-13-14-15-16-17-19(23)21(25,18-22)20(24)29-30(26,27)28;/h9-10,22,25H,2-8,11-18H2,1H3,(H,26,27,28);/q;+1/p-1/b10-9-;. The number of hydrogen-bond donors (Lipinski definition) is 2. The van der Waals surface area contributed by atoms with Crippen molar-refractivity contribution in [3.05, 3.63) is 12.2 Å². The summed E-state index contributed by atoms with van der Waals surface area (Å²) in [5, 5.41) is 18.9. The van der Waals surface area contributed by atoms with Crippen LogP contribution in [-0.4, -0.2) is 47.1 Å². The molecule has 31 heavy (non-hydrogen) atoms. The second kappa shape index (κ2) is 19.2. The molecule has 8 nitrogen and oxygen atoms in total. The Labute approximate surface area is 209 Å². The predicted molar refractivity (Wildman–Crippen MR) is 112 cm³/mol. The van der Waals surface area contributed by atoms with Crippen molar-refractivity contribution in [2.45, 2.75) is 102 Å². The largest absolute Gasteiger partial charge is 1.00 e. The van der Waals surface area contributed by atoms with Crippen LogP contribution in [0.5, 0.6) is 0 Å². The third kappa shape index (κ3) is 16.9. The Morgan fingerprint density at radius 3 is 1.81 bits per heavy atom. The average molecular weight is 473 g/mol. The number of Topliss-reactive ketones (excluding diaryl/α,β-unsaturated/α-hetero) is 1. The van der Waals surface area contributed by atoms with E-state index in [-0.39, 0.29) is 36.0 Å². The summed E-state index contributed by atoms with van der Waals surface area (Å²) < 4.78 is 34.8. The molecule has 0 aliphatic carbocycles. The maximum atomic E-state index is 11.9. The Kier molecular flexibility index (Phi) is 20.4. The molecule has 0 aromatic heterocycles. The smallest absolute Gasteiger partial charge is 0.716 e. The molecule has 0 saturated heterocycles. The summed E-state index contributed by atoms with van der Waals surface area (Å²) in [6.45, 7) is 0.858. The number of aliphatic hydroxyl groups is 2. The normalized spacial score (nSPS) is 13.5. The van der Waals surface area contributed by atoms with Crippen LogP contribution in [-0.2, 0) is 24.2 Å². The van der Waals surface area contributed by atoms with Gasteiger partial charge < -0.3 is 18.9 Å². The van der Waals surface area contributed by atoms with E-state index in [0.717, 1.165) is 32.1 Å². The molecular weight excluding hydrogens is 435 g/mol. The molecule has 0 aliphatic rings. The second-order valence-electron chi connectivity index (χ2n) is 7.55.